The quantitative estimate of drug-likeness (QED) is 0.221. The third-order valence-corrected chi connectivity index (χ3v) is 8.82. The third-order valence-electron chi connectivity index (χ3n) is 8.82. The SMILES string of the molecule is c1ccc(-c2ccc(-n3c4ccccc4c4cc5c6ccccc6n6c7nc8ccccc8nc7c(c43)c56)cc2)cc1. The lowest BCUT2D eigenvalue weighted by atomic mass is 10.0. The smallest absolute Gasteiger partial charge is 0.165 e. The van der Waals surface area contributed by atoms with Gasteiger partial charge in [0.15, 0.2) is 5.65 Å². The topological polar surface area (TPSA) is 35.1 Å². The summed E-state index contributed by atoms with van der Waals surface area (Å²) in [6.07, 6.45) is 0. The van der Waals surface area contributed by atoms with Crippen LogP contribution in [0.2, 0.25) is 0 Å². The first kappa shape index (κ1) is 22.0. The molecule has 4 aromatic heterocycles. The highest BCUT2D eigenvalue weighted by Crippen LogP contribution is 2.45. The molecule has 4 heteroatoms. The fourth-order valence-electron chi connectivity index (χ4n) is 7.03. The average Bonchev–Trinajstić information content (AvgIpc) is 3.68. The van der Waals surface area contributed by atoms with Gasteiger partial charge in [0, 0.05) is 27.2 Å². The predicted octanol–water partition coefficient (Wildman–Crippen LogP) is 9.54. The maximum absolute atomic E-state index is 5.29. The average molecular weight is 535 g/mol. The summed E-state index contributed by atoms with van der Waals surface area (Å²) < 4.78 is 4.75. The molecule has 0 saturated heterocycles. The van der Waals surface area contributed by atoms with Crippen molar-refractivity contribution in [1.82, 2.24) is 18.9 Å². The summed E-state index contributed by atoms with van der Waals surface area (Å²) in [5, 5.41) is 6.08. The second-order valence-corrected chi connectivity index (χ2v) is 11.0. The van der Waals surface area contributed by atoms with E-state index in [-0.39, 0.29) is 0 Å². The van der Waals surface area contributed by atoms with Crippen molar-refractivity contribution in [2.24, 2.45) is 0 Å². The first-order valence-electron chi connectivity index (χ1n) is 14.3. The molecule has 0 unspecified atom stereocenters. The summed E-state index contributed by atoms with van der Waals surface area (Å²) in [4.78, 5) is 10.5. The first-order chi connectivity index (χ1) is 20.8. The van der Waals surface area contributed by atoms with Crippen LogP contribution in [0.15, 0.2) is 133 Å². The molecule has 194 valence electrons. The van der Waals surface area contributed by atoms with Crippen molar-refractivity contribution < 1.29 is 0 Å². The maximum Gasteiger partial charge on any atom is 0.165 e. The molecule has 4 heterocycles. The van der Waals surface area contributed by atoms with E-state index < -0.39 is 0 Å². The van der Waals surface area contributed by atoms with Crippen LogP contribution in [-0.2, 0) is 0 Å². The number of para-hydroxylation sites is 4. The molecule has 0 saturated carbocycles. The Kier molecular flexibility index (Phi) is 4.15. The van der Waals surface area contributed by atoms with Gasteiger partial charge < -0.3 is 4.57 Å². The molecule has 10 aromatic rings. The minimum Gasteiger partial charge on any atom is -0.308 e. The van der Waals surface area contributed by atoms with Crippen LogP contribution in [0.5, 0.6) is 0 Å². The van der Waals surface area contributed by atoms with E-state index in [0.717, 1.165) is 38.8 Å². The molecule has 0 spiro atoms. The molecule has 6 aromatic carbocycles. The highest BCUT2D eigenvalue weighted by molar-refractivity contribution is 6.33. The van der Waals surface area contributed by atoms with Crippen LogP contribution < -0.4 is 0 Å². The molecule has 0 aliphatic heterocycles. The summed E-state index contributed by atoms with van der Waals surface area (Å²) in [6, 6.07) is 47.4. The van der Waals surface area contributed by atoms with E-state index in [4.69, 9.17) is 9.97 Å². The second-order valence-electron chi connectivity index (χ2n) is 11.0. The lowest BCUT2D eigenvalue weighted by Gasteiger charge is -2.10. The molecule has 0 atom stereocenters. The summed E-state index contributed by atoms with van der Waals surface area (Å²) in [5.41, 5.74) is 11.9. The van der Waals surface area contributed by atoms with Crippen molar-refractivity contribution >= 4 is 71.2 Å². The van der Waals surface area contributed by atoms with Gasteiger partial charge in [-0.15, -0.1) is 0 Å². The van der Waals surface area contributed by atoms with Gasteiger partial charge in [-0.1, -0.05) is 91.0 Å². The van der Waals surface area contributed by atoms with Gasteiger partial charge in [0.1, 0.15) is 5.52 Å². The third kappa shape index (κ3) is 2.76. The van der Waals surface area contributed by atoms with E-state index in [9.17, 15) is 0 Å². The Morgan fingerprint density at radius 3 is 1.83 bits per heavy atom. The number of benzene rings is 6. The Balaban J connectivity index is 1.43. The molecule has 0 N–H and O–H groups in total. The largest absolute Gasteiger partial charge is 0.308 e. The zero-order chi connectivity index (χ0) is 27.4. The first-order valence-corrected chi connectivity index (χ1v) is 14.3. The van der Waals surface area contributed by atoms with Gasteiger partial charge >= 0.3 is 0 Å². The molecule has 0 bridgehead atoms. The van der Waals surface area contributed by atoms with Crippen LogP contribution in [0.3, 0.4) is 0 Å². The molecular formula is C38H22N4. The van der Waals surface area contributed by atoms with Crippen LogP contribution in [-0.4, -0.2) is 18.9 Å². The Bertz CT molecular complexity index is 2660. The molecule has 42 heavy (non-hydrogen) atoms. The van der Waals surface area contributed by atoms with Crippen LogP contribution >= 0.6 is 0 Å². The van der Waals surface area contributed by atoms with Crippen molar-refractivity contribution in [3.63, 3.8) is 0 Å². The fourth-order valence-corrected chi connectivity index (χ4v) is 7.03. The van der Waals surface area contributed by atoms with Gasteiger partial charge in [-0.3, -0.25) is 4.40 Å². The Labute approximate surface area is 240 Å². The standard InChI is InChI=1S/C38H22N4/c1-2-10-23(11-3-1)24-18-20-25(21-19-24)41-32-16-8-4-12-26(32)28-22-29-27-13-5-9-17-33(27)42-37(29)34(36(28)41)35-38(42)40-31-15-7-6-14-30(31)39-35/h1-22H. The van der Waals surface area contributed by atoms with E-state index in [1.807, 2.05) is 12.1 Å². The number of hydrogen-bond acceptors (Lipinski definition) is 2. The van der Waals surface area contributed by atoms with Crippen molar-refractivity contribution in [3.05, 3.63) is 133 Å². The molecule has 4 nitrogen and oxygen atoms in total. The van der Waals surface area contributed by atoms with Gasteiger partial charge in [-0.25, -0.2) is 9.97 Å². The van der Waals surface area contributed by atoms with Crippen LogP contribution in [0, 0.1) is 0 Å². The Morgan fingerprint density at radius 2 is 1.05 bits per heavy atom. The van der Waals surface area contributed by atoms with Crippen molar-refractivity contribution in [1.29, 1.82) is 0 Å². The van der Waals surface area contributed by atoms with Crippen molar-refractivity contribution in [3.8, 4) is 16.8 Å². The van der Waals surface area contributed by atoms with Gasteiger partial charge in [-0.2, -0.15) is 0 Å². The monoisotopic (exact) mass is 534 g/mol. The highest BCUT2D eigenvalue weighted by atomic mass is 15.0. The van der Waals surface area contributed by atoms with Gasteiger partial charge in [-0.05, 0) is 53.6 Å². The molecule has 0 amide bonds. The summed E-state index contributed by atoms with van der Waals surface area (Å²) >= 11 is 0. The van der Waals surface area contributed by atoms with E-state index in [1.165, 1.54) is 49.2 Å². The van der Waals surface area contributed by atoms with E-state index in [2.05, 4.69) is 130 Å². The second kappa shape index (κ2) is 7.93. The zero-order valence-corrected chi connectivity index (χ0v) is 22.5. The van der Waals surface area contributed by atoms with Gasteiger partial charge in [0.05, 0.1) is 38.5 Å². The minimum atomic E-state index is 0.902. The molecule has 10 rings (SSSR count). The Hall–Kier alpha value is -5.74. The van der Waals surface area contributed by atoms with Crippen LogP contribution in [0.1, 0.15) is 0 Å². The normalized spacial score (nSPS) is 12.3. The summed E-state index contributed by atoms with van der Waals surface area (Å²) in [7, 11) is 0. The number of rotatable bonds is 2. The van der Waals surface area contributed by atoms with Crippen LogP contribution in [0.4, 0.5) is 0 Å². The van der Waals surface area contributed by atoms with Gasteiger partial charge in [0.25, 0.3) is 0 Å². The van der Waals surface area contributed by atoms with Crippen LogP contribution in [0.25, 0.3) is 88.0 Å². The summed E-state index contributed by atoms with van der Waals surface area (Å²) in [6.45, 7) is 0. The fraction of sp³-hybridized carbons (Fsp3) is 0. The Morgan fingerprint density at radius 1 is 0.452 bits per heavy atom. The molecular weight excluding hydrogens is 512 g/mol. The van der Waals surface area contributed by atoms with Crippen molar-refractivity contribution in [2.75, 3.05) is 0 Å². The minimum absolute atomic E-state index is 0.902. The van der Waals surface area contributed by atoms with E-state index in [1.54, 1.807) is 0 Å². The number of hydrogen-bond donors (Lipinski definition) is 0. The molecule has 0 aliphatic rings. The predicted molar refractivity (Wildman–Crippen MR) is 174 cm³/mol. The molecule has 0 fully saturated rings. The van der Waals surface area contributed by atoms with Gasteiger partial charge in [0.2, 0.25) is 0 Å². The zero-order valence-electron chi connectivity index (χ0n) is 22.5. The van der Waals surface area contributed by atoms with E-state index >= 15 is 0 Å². The van der Waals surface area contributed by atoms with E-state index in [0.29, 0.717) is 0 Å². The number of fused-ring (bicyclic) bond motifs is 11. The number of nitrogens with zero attached hydrogens (tertiary/aromatic N) is 4. The maximum atomic E-state index is 5.29. The van der Waals surface area contributed by atoms with Crippen molar-refractivity contribution in [2.45, 2.75) is 0 Å². The lowest BCUT2D eigenvalue weighted by molar-refractivity contribution is 1.19. The highest BCUT2D eigenvalue weighted by Gasteiger charge is 2.25. The lowest BCUT2D eigenvalue weighted by Crippen LogP contribution is -1.94. The molecule has 0 aliphatic carbocycles. The molecule has 0 radical (unpaired) electrons. The number of aromatic nitrogens is 4. The summed E-state index contributed by atoms with van der Waals surface area (Å²) in [5.74, 6) is 0.